The van der Waals surface area contributed by atoms with Gasteiger partial charge in [0, 0.05) is 13.1 Å². The van der Waals surface area contributed by atoms with Crippen LogP contribution in [0.5, 0.6) is 0 Å². The normalized spacial score (nSPS) is 17.3. The Morgan fingerprint density at radius 3 is 2.46 bits per heavy atom. The lowest BCUT2D eigenvalue weighted by atomic mass is 10.2. The third-order valence-electron chi connectivity index (χ3n) is 2.23. The third-order valence-corrected chi connectivity index (χ3v) is 2.23. The first-order valence-electron chi connectivity index (χ1n) is 4.28. The highest BCUT2D eigenvalue weighted by molar-refractivity contribution is 5.34. The van der Waals surface area contributed by atoms with Gasteiger partial charge in [-0.25, -0.2) is 4.98 Å². The molecule has 1 aromatic rings. The van der Waals surface area contributed by atoms with E-state index in [9.17, 15) is 0 Å². The number of β-amino-alcohol motifs (C(OH)–C–C–N with tert-alkyl or cyclic N) is 1. The largest absolute Gasteiger partial charge is 0.389 e. The second-order valence-electron chi connectivity index (χ2n) is 3.34. The Morgan fingerprint density at radius 1 is 1.23 bits per heavy atom. The van der Waals surface area contributed by atoms with Crippen molar-refractivity contribution < 1.29 is 5.11 Å². The van der Waals surface area contributed by atoms with Crippen LogP contribution in [0.2, 0.25) is 0 Å². The van der Waals surface area contributed by atoms with Gasteiger partial charge < -0.3 is 10.0 Å². The number of rotatable bonds is 1. The second kappa shape index (κ2) is 2.92. The maximum Gasteiger partial charge on any atom is 0.245 e. The fourth-order valence-corrected chi connectivity index (χ4v) is 1.20. The van der Waals surface area contributed by atoms with Gasteiger partial charge >= 0.3 is 0 Å². The molecule has 1 aliphatic heterocycles. The molecule has 1 aromatic heterocycles. The van der Waals surface area contributed by atoms with E-state index in [-0.39, 0.29) is 6.10 Å². The summed E-state index contributed by atoms with van der Waals surface area (Å²) in [5, 5.41) is 17.0. The van der Waals surface area contributed by atoms with Gasteiger partial charge in [-0.05, 0) is 13.8 Å². The first-order chi connectivity index (χ1) is 6.16. The number of aliphatic hydroxyl groups is 1. The van der Waals surface area contributed by atoms with Crippen LogP contribution in [0.1, 0.15) is 11.4 Å². The average Bonchev–Trinajstić information content (AvgIpc) is 2.05. The number of hydrogen-bond acceptors (Lipinski definition) is 5. The quantitative estimate of drug-likeness (QED) is 0.641. The van der Waals surface area contributed by atoms with Crippen LogP contribution in [0.25, 0.3) is 0 Å². The molecule has 1 N–H and O–H groups in total. The highest BCUT2D eigenvalue weighted by Gasteiger charge is 2.26. The molecule has 0 aromatic carbocycles. The Labute approximate surface area is 76.4 Å². The maximum atomic E-state index is 9.09. The minimum atomic E-state index is -0.231. The molecule has 0 amide bonds. The number of anilines is 1. The number of nitrogens with zero attached hydrogens (tertiary/aromatic N) is 4. The molecule has 0 aliphatic carbocycles. The summed E-state index contributed by atoms with van der Waals surface area (Å²) in [6, 6.07) is 0. The molecule has 0 atom stereocenters. The third kappa shape index (κ3) is 1.47. The van der Waals surface area contributed by atoms with E-state index < -0.39 is 0 Å². The predicted octanol–water partition coefficient (Wildman–Crippen LogP) is -0.331. The topological polar surface area (TPSA) is 62.1 Å². The summed E-state index contributed by atoms with van der Waals surface area (Å²) < 4.78 is 0. The highest BCUT2D eigenvalue weighted by Crippen LogP contribution is 2.15. The van der Waals surface area contributed by atoms with Gasteiger partial charge in [0.15, 0.2) is 0 Å². The molecular weight excluding hydrogens is 168 g/mol. The van der Waals surface area contributed by atoms with Crippen LogP contribution in [-0.2, 0) is 0 Å². The van der Waals surface area contributed by atoms with E-state index in [1.165, 1.54) is 0 Å². The zero-order chi connectivity index (χ0) is 9.42. The van der Waals surface area contributed by atoms with Gasteiger partial charge in [0.25, 0.3) is 0 Å². The average molecular weight is 180 g/mol. The van der Waals surface area contributed by atoms with Crippen molar-refractivity contribution in [2.45, 2.75) is 20.0 Å². The Kier molecular flexibility index (Phi) is 1.88. The molecule has 70 valence electrons. The highest BCUT2D eigenvalue weighted by atomic mass is 16.3. The van der Waals surface area contributed by atoms with Crippen LogP contribution in [0.4, 0.5) is 5.95 Å². The monoisotopic (exact) mass is 180 g/mol. The van der Waals surface area contributed by atoms with Crippen molar-refractivity contribution >= 4 is 5.95 Å². The van der Waals surface area contributed by atoms with Crippen LogP contribution in [0, 0.1) is 13.8 Å². The van der Waals surface area contributed by atoms with Gasteiger partial charge in [-0.2, -0.15) is 5.10 Å². The first kappa shape index (κ1) is 8.37. The molecule has 5 heteroatoms. The molecule has 1 fully saturated rings. The fourth-order valence-electron chi connectivity index (χ4n) is 1.20. The van der Waals surface area contributed by atoms with Crippen LogP contribution < -0.4 is 4.90 Å². The van der Waals surface area contributed by atoms with Crippen molar-refractivity contribution in [3.8, 4) is 0 Å². The molecule has 13 heavy (non-hydrogen) atoms. The summed E-state index contributed by atoms with van der Waals surface area (Å²) in [5.74, 6) is 0.619. The molecule has 0 radical (unpaired) electrons. The first-order valence-corrected chi connectivity index (χ1v) is 4.28. The van der Waals surface area contributed by atoms with E-state index in [1.807, 2.05) is 18.7 Å². The van der Waals surface area contributed by atoms with Crippen molar-refractivity contribution in [3.05, 3.63) is 11.4 Å². The van der Waals surface area contributed by atoms with E-state index >= 15 is 0 Å². The summed E-state index contributed by atoms with van der Waals surface area (Å²) in [4.78, 5) is 6.18. The van der Waals surface area contributed by atoms with Gasteiger partial charge in [0.05, 0.1) is 17.5 Å². The molecule has 1 saturated heterocycles. The minimum Gasteiger partial charge on any atom is -0.389 e. The smallest absolute Gasteiger partial charge is 0.245 e. The molecule has 0 unspecified atom stereocenters. The van der Waals surface area contributed by atoms with Crippen molar-refractivity contribution in [2.75, 3.05) is 18.0 Å². The molecule has 1 aliphatic rings. The lowest BCUT2D eigenvalue weighted by Crippen LogP contribution is -2.51. The summed E-state index contributed by atoms with van der Waals surface area (Å²) in [7, 11) is 0. The van der Waals surface area contributed by atoms with Crippen LogP contribution >= 0.6 is 0 Å². The van der Waals surface area contributed by atoms with Crippen molar-refractivity contribution in [2.24, 2.45) is 0 Å². The van der Waals surface area contributed by atoms with Crippen molar-refractivity contribution in [3.63, 3.8) is 0 Å². The Hall–Kier alpha value is -1.23. The predicted molar refractivity (Wildman–Crippen MR) is 47.5 cm³/mol. The SMILES string of the molecule is Cc1nnc(N2CC(O)C2)nc1C. The number of aliphatic hydroxyl groups excluding tert-OH is 1. The van der Waals surface area contributed by atoms with Crippen molar-refractivity contribution in [1.29, 1.82) is 0 Å². The van der Waals surface area contributed by atoms with E-state index in [4.69, 9.17) is 5.11 Å². The van der Waals surface area contributed by atoms with E-state index in [1.54, 1.807) is 0 Å². The van der Waals surface area contributed by atoms with Gasteiger partial charge in [-0.15, -0.1) is 5.10 Å². The second-order valence-corrected chi connectivity index (χ2v) is 3.34. The van der Waals surface area contributed by atoms with E-state index in [0.29, 0.717) is 19.0 Å². The maximum absolute atomic E-state index is 9.09. The van der Waals surface area contributed by atoms with E-state index in [0.717, 1.165) is 11.4 Å². The fraction of sp³-hybridized carbons (Fsp3) is 0.625. The van der Waals surface area contributed by atoms with Crippen molar-refractivity contribution in [1.82, 2.24) is 15.2 Å². The number of hydrogen-bond donors (Lipinski definition) is 1. The van der Waals surface area contributed by atoms with E-state index in [2.05, 4.69) is 15.2 Å². The summed E-state index contributed by atoms with van der Waals surface area (Å²) >= 11 is 0. The van der Waals surface area contributed by atoms with Gasteiger partial charge in [0.2, 0.25) is 5.95 Å². The molecule has 5 nitrogen and oxygen atoms in total. The van der Waals surface area contributed by atoms with Gasteiger partial charge in [-0.1, -0.05) is 0 Å². The molecule has 0 bridgehead atoms. The number of aryl methyl sites for hydroxylation is 2. The van der Waals surface area contributed by atoms with Gasteiger partial charge in [-0.3, -0.25) is 0 Å². The molecule has 2 rings (SSSR count). The van der Waals surface area contributed by atoms with Crippen LogP contribution in [0.3, 0.4) is 0 Å². The van der Waals surface area contributed by atoms with Gasteiger partial charge in [0.1, 0.15) is 0 Å². The standard InChI is InChI=1S/C8H12N4O/c1-5-6(2)10-11-8(9-5)12-3-7(13)4-12/h7,13H,3-4H2,1-2H3. The lowest BCUT2D eigenvalue weighted by molar-refractivity contribution is 0.140. The summed E-state index contributed by atoms with van der Waals surface area (Å²) in [6.45, 7) is 5.02. The zero-order valence-corrected chi connectivity index (χ0v) is 7.73. The summed E-state index contributed by atoms with van der Waals surface area (Å²) in [5.41, 5.74) is 1.75. The Balaban J connectivity index is 2.18. The minimum absolute atomic E-state index is 0.231. The Bertz CT molecular complexity index is 322. The molecule has 2 heterocycles. The molecule has 0 saturated carbocycles. The molecule has 0 spiro atoms. The Morgan fingerprint density at radius 2 is 1.92 bits per heavy atom. The lowest BCUT2D eigenvalue weighted by Gasteiger charge is -2.35. The zero-order valence-electron chi connectivity index (χ0n) is 7.73. The van der Waals surface area contributed by atoms with Crippen LogP contribution in [-0.4, -0.2) is 39.5 Å². The number of aromatic nitrogens is 3. The summed E-state index contributed by atoms with van der Waals surface area (Å²) in [6.07, 6.45) is -0.231. The molecular formula is C8H12N4O. The van der Waals surface area contributed by atoms with Crippen LogP contribution in [0.15, 0.2) is 0 Å².